The first-order valence-electron chi connectivity index (χ1n) is 5.77. The molecule has 0 aliphatic heterocycles. The van der Waals surface area contributed by atoms with Gasteiger partial charge in [-0.2, -0.15) is 0 Å². The van der Waals surface area contributed by atoms with Gasteiger partial charge >= 0.3 is 0 Å². The van der Waals surface area contributed by atoms with Crippen molar-refractivity contribution in [2.24, 2.45) is 5.92 Å². The summed E-state index contributed by atoms with van der Waals surface area (Å²) in [5, 5.41) is 0. The Morgan fingerprint density at radius 3 is 2.06 bits per heavy atom. The Labute approximate surface area is 95.0 Å². The Balaban J connectivity index is 2.10. The van der Waals surface area contributed by atoms with Crippen LogP contribution in [0.25, 0.3) is 0 Å². The van der Waals surface area contributed by atoms with Crippen LogP contribution in [0.1, 0.15) is 37.2 Å². The average Bonchev–Trinajstić information content (AvgIpc) is 2.28. The van der Waals surface area contributed by atoms with Crippen molar-refractivity contribution in [2.75, 3.05) is 0 Å². The number of hydrogen-bond donors (Lipinski definition) is 0. The van der Waals surface area contributed by atoms with E-state index in [0.29, 0.717) is 11.8 Å². The van der Waals surface area contributed by atoms with Crippen LogP contribution in [0.15, 0.2) is 30.9 Å². The van der Waals surface area contributed by atoms with Crippen LogP contribution in [0.4, 0.5) is 8.78 Å². The fraction of sp³-hybridized carbons (Fsp3) is 0.429. The Kier molecular flexibility index (Phi) is 3.37. The van der Waals surface area contributed by atoms with Gasteiger partial charge < -0.3 is 0 Å². The van der Waals surface area contributed by atoms with E-state index in [0.717, 1.165) is 37.3 Å². The van der Waals surface area contributed by atoms with Crippen molar-refractivity contribution in [3.8, 4) is 0 Å². The molecule has 1 saturated carbocycles. The lowest BCUT2D eigenvalue weighted by atomic mass is 9.79. The van der Waals surface area contributed by atoms with Gasteiger partial charge in [0.05, 0.1) is 0 Å². The molecular weight excluding hydrogens is 206 g/mol. The Morgan fingerprint density at radius 1 is 1.00 bits per heavy atom. The van der Waals surface area contributed by atoms with E-state index in [-0.39, 0.29) is 0 Å². The van der Waals surface area contributed by atoms with Gasteiger partial charge in [0.2, 0.25) is 0 Å². The molecule has 0 atom stereocenters. The third-order valence-electron chi connectivity index (χ3n) is 3.46. The third kappa shape index (κ3) is 2.49. The predicted molar refractivity (Wildman–Crippen MR) is 61.3 cm³/mol. The third-order valence-corrected chi connectivity index (χ3v) is 3.46. The lowest BCUT2D eigenvalue weighted by Crippen LogP contribution is -2.11. The molecule has 1 aliphatic carbocycles. The van der Waals surface area contributed by atoms with Crippen molar-refractivity contribution in [1.82, 2.24) is 0 Å². The molecule has 0 amide bonds. The fourth-order valence-corrected chi connectivity index (χ4v) is 2.50. The van der Waals surface area contributed by atoms with Crippen molar-refractivity contribution in [3.05, 3.63) is 48.1 Å². The van der Waals surface area contributed by atoms with Crippen LogP contribution in [0.5, 0.6) is 0 Å². The molecule has 2 rings (SSSR count). The van der Waals surface area contributed by atoms with E-state index in [1.165, 1.54) is 12.1 Å². The minimum atomic E-state index is -0.471. The summed E-state index contributed by atoms with van der Waals surface area (Å²) in [7, 11) is 0. The summed E-state index contributed by atoms with van der Waals surface area (Å²) in [6.07, 6.45) is 6.14. The molecule has 1 aromatic rings. The number of hydrogen-bond acceptors (Lipinski definition) is 0. The zero-order valence-electron chi connectivity index (χ0n) is 9.26. The molecule has 0 N–H and O–H groups in total. The summed E-state index contributed by atoms with van der Waals surface area (Å²) in [6, 6.07) is 3.85. The lowest BCUT2D eigenvalue weighted by Gasteiger charge is -2.26. The van der Waals surface area contributed by atoms with Crippen molar-refractivity contribution in [3.63, 3.8) is 0 Å². The van der Waals surface area contributed by atoms with E-state index in [4.69, 9.17) is 0 Å². The van der Waals surface area contributed by atoms with Gasteiger partial charge in [-0.05, 0) is 55.2 Å². The molecule has 0 unspecified atom stereocenters. The van der Waals surface area contributed by atoms with Gasteiger partial charge in [0.15, 0.2) is 0 Å². The van der Waals surface area contributed by atoms with E-state index < -0.39 is 11.6 Å². The van der Waals surface area contributed by atoms with Gasteiger partial charge in [-0.1, -0.05) is 6.08 Å². The maximum Gasteiger partial charge on any atom is 0.126 e. The van der Waals surface area contributed by atoms with Gasteiger partial charge in [0.1, 0.15) is 11.6 Å². The molecule has 0 radical (unpaired) electrons. The summed E-state index contributed by atoms with van der Waals surface area (Å²) < 4.78 is 26.1. The molecule has 16 heavy (non-hydrogen) atoms. The van der Waals surface area contributed by atoms with Crippen molar-refractivity contribution >= 4 is 0 Å². The highest BCUT2D eigenvalue weighted by atomic mass is 19.1. The maximum absolute atomic E-state index is 13.1. The molecule has 0 bridgehead atoms. The molecule has 0 nitrogen and oxygen atoms in total. The van der Waals surface area contributed by atoms with Crippen LogP contribution in [-0.2, 0) is 0 Å². The Hall–Kier alpha value is -1.18. The quantitative estimate of drug-likeness (QED) is 0.649. The van der Waals surface area contributed by atoms with Crippen LogP contribution < -0.4 is 0 Å². The number of allylic oxidation sites excluding steroid dienone is 1. The van der Waals surface area contributed by atoms with E-state index >= 15 is 0 Å². The van der Waals surface area contributed by atoms with E-state index in [9.17, 15) is 8.78 Å². The molecule has 0 saturated heterocycles. The number of rotatable bonds is 2. The van der Waals surface area contributed by atoms with Crippen LogP contribution >= 0.6 is 0 Å². The highest BCUT2D eigenvalue weighted by Gasteiger charge is 2.21. The van der Waals surface area contributed by atoms with Crippen LogP contribution in [0.3, 0.4) is 0 Å². The summed E-state index contributed by atoms with van der Waals surface area (Å²) in [5.74, 6) is -0.0576. The molecule has 0 spiro atoms. The topological polar surface area (TPSA) is 0 Å². The molecule has 2 heteroatoms. The van der Waals surface area contributed by atoms with Gasteiger partial charge in [-0.25, -0.2) is 8.78 Å². The molecule has 1 fully saturated rings. The SMILES string of the molecule is C=C[C@H]1CC[C@H](c2cc(F)cc(F)c2)CC1. The van der Waals surface area contributed by atoms with Crippen molar-refractivity contribution < 1.29 is 8.78 Å². The second kappa shape index (κ2) is 4.77. The van der Waals surface area contributed by atoms with E-state index in [1.54, 1.807) is 0 Å². The summed E-state index contributed by atoms with van der Waals surface area (Å²) in [5.41, 5.74) is 0.806. The second-order valence-corrected chi connectivity index (χ2v) is 4.55. The first kappa shape index (κ1) is 11.3. The number of benzene rings is 1. The van der Waals surface area contributed by atoms with Gasteiger partial charge in [-0.15, -0.1) is 6.58 Å². The predicted octanol–water partition coefficient (Wildman–Crippen LogP) is 4.42. The van der Waals surface area contributed by atoms with Gasteiger partial charge in [0.25, 0.3) is 0 Å². The van der Waals surface area contributed by atoms with Crippen molar-refractivity contribution in [2.45, 2.75) is 31.6 Å². The molecule has 0 aromatic heterocycles. The molecular formula is C14H16F2. The summed E-state index contributed by atoms with van der Waals surface area (Å²) >= 11 is 0. The molecule has 1 aromatic carbocycles. The lowest BCUT2D eigenvalue weighted by molar-refractivity contribution is 0.374. The van der Waals surface area contributed by atoms with E-state index in [1.807, 2.05) is 6.08 Å². The Bertz CT molecular complexity index is 356. The molecule has 86 valence electrons. The first-order chi connectivity index (χ1) is 7.69. The monoisotopic (exact) mass is 222 g/mol. The zero-order chi connectivity index (χ0) is 11.5. The van der Waals surface area contributed by atoms with Gasteiger partial charge in [-0.3, -0.25) is 0 Å². The normalized spacial score (nSPS) is 25.4. The van der Waals surface area contributed by atoms with Crippen molar-refractivity contribution in [1.29, 1.82) is 0 Å². The van der Waals surface area contributed by atoms with Crippen LogP contribution in [0, 0.1) is 17.6 Å². The summed E-state index contributed by atoms with van der Waals surface area (Å²) in [4.78, 5) is 0. The molecule has 1 aliphatic rings. The maximum atomic E-state index is 13.1. The van der Waals surface area contributed by atoms with Gasteiger partial charge in [0, 0.05) is 6.07 Å². The largest absolute Gasteiger partial charge is 0.207 e. The van der Waals surface area contributed by atoms with E-state index in [2.05, 4.69) is 6.58 Å². The summed E-state index contributed by atoms with van der Waals surface area (Å²) in [6.45, 7) is 3.79. The minimum Gasteiger partial charge on any atom is -0.207 e. The average molecular weight is 222 g/mol. The first-order valence-corrected chi connectivity index (χ1v) is 5.77. The number of halogens is 2. The second-order valence-electron chi connectivity index (χ2n) is 4.55. The zero-order valence-corrected chi connectivity index (χ0v) is 9.26. The standard InChI is InChI=1S/C14H16F2/c1-2-10-3-5-11(6-4-10)12-7-13(15)9-14(16)8-12/h2,7-11H,1,3-6H2/t10-,11-. The molecule has 0 heterocycles. The highest BCUT2D eigenvalue weighted by molar-refractivity contribution is 5.22. The van der Waals surface area contributed by atoms with Crippen LogP contribution in [0.2, 0.25) is 0 Å². The smallest absolute Gasteiger partial charge is 0.126 e. The fourth-order valence-electron chi connectivity index (χ4n) is 2.50. The minimum absolute atomic E-state index is 0.307. The van der Waals surface area contributed by atoms with Crippen LogP contribution in [-0.4, -0.2) is 0 Å². The highest BCUT2D eigenvalue weighted by Crippen LogP contribution is 2.36. The Morgan fingerprint density at radius 2 is 1.56 bits per heavy atom.